The van der Waals surface area contributed by atoms with Crippen molar-refractivity contribution in [2.75, 3.05) is 0 Å². The van der Waals surface area contributed by atoms with Gasteiger partial charge in [-0.05, 0) is 0 Å². The molecule has 0 saturated carbocycles. The van der Waals surface area contributed by atoms with Crippen molar-refractivity contribution in [2.24, 2.45) is 0 Å². The van der Waals surface area contributed by atoms with E-state index in [0.717, 1.165) is 0 Å². The molecule has 0 unspecified atom stereocenters. The largest absolute Gasteiger partial charge is 5.00 e. The molecule has 5 aromatic rings. The van der Waals surface area contributed by atoms with Gasteiger partial charge < -0.3 is 5.48 Å². The zero-order valence-corrected chi connectivity index (χ0v) is 19.1. The third kappa shape index (κ3) is 24.6. The maximum atomic E-state index is 2.89. The molecule has 1 nitrogen and oxygen atoms in total. The average Bonchev–Trinajstić information content (AvgIpc) is 2.91. The Morgan fingerprint density at radius 2 is 0.344 bits per heavy atom. The summed E-state index contributed by atoms with van der Waals surface area (Å²) in [6.07, 6.45) is 0. The van der Waals surface area contributed by atoms with Gasteiger partial charge >= 0.3 is 17.4 Å². The van der Waals surface area contributed by atoms with Gasteiger partial charge in [-0.15, -0.1) is 0 Å². The molecule has 5 rings (SSSR count). The summed E-state index contributed by atoms with van der Waals surface area (Å²) in [5, 5.41) is 0. The van der Waals surface area contributed by atoms with E-state index in [4.69, 9.17) is 0 Å². The molecule has 32 heavy (non-hydrogen) atoms. The van der Waals surface area contributed by atoms with Crippen LogP contribution in [0.4, 0.5) is 0 Å². The fourth-order valence-electron chi connectivity index (χ4n) is 1.71. The average molecular weight is 456 g/mol. The van der Waals surface area contributed by atoms with Crippen LogP contribution in [-0.2, 0) is 17.4 Å². The van der Waals surface area contributed by atoms with E-state index in [0.29, 0.717) is 0 Å². The Morgan fingerprint density at radius 3 is 0.375 bits per heavy atom. The van der Waals surface area contributed by atoms with E-state index >= 15 is 0 Å². The van der Waals surface area contributed by atoms with Crippen molar-refractivity contribution in [3.8, 4) is 0 Å². The quantitative estimate of drug-likeness (QED) is 0.236. The normalized spacial score (nSPS) is 7.50. The molecule has 5 aromatic carbocycles. The topological polar surface area (TPSA) is 31.5 Å². The summed E-state index contributed by atoms with van der Waals surface area (Å²) >= 11 is 0. The van der Waals surface area contributed by atoms with Crippen molar-refractivity contribution in [3.63, 3.8) is 0 Å². The van der Waals surface area contributed by atoms with Crippen LogP contribution in [0.5, 0.6) is 0 Å². The minimum Gasteiger partial charge on any atom is -0.412 e. The molecule has 0 aromatic heterocycles. The molecule has 0 spiro atoms. The van der Waals surface area contributed by atoms with Crippen LogP contribution in [0.3, 0.4) is 0 Å². The molecular weight excluding hydrogens is 428 g/mol. The zero-order valence-electron chi connectivity index (χ0n) is 17.8. The number of rotatable bonds is 0. The molecule has 2 N–H and O–H groups in total. The fourth-order valence-corrected chi connectivity index (χ4v) is 1.71. The van der Waals surface area contributed by atoms with Crippen molar-refractivity contribution in [2.45, 2.75) is 0 Å². The van der Waals surface area contributed by atoms with Crippen molar-refractivity contribution < 1.29 is 22.8 Å². The van der Waals surface area contributed by atoms with Gasteiger partial charge in [0.2, 0.25) is 0 Å². The first-order chi connectivity index (χ1) is 15.0. The summed E-state index contributed by atoms with van der Waals surface area (Å²) in [5.74, 6) is 0. The Labute approximate surface area is 204 Å². The first-order valence-corrected chi connectivity index (χ1v) is 9.55. The molecule has 159 valence electrons. The van der Waals surface area contributed by atoms with E-state index in [1.165, 1.54) is 0 Å². The van der Waals surface area contributed by atoms with Crippen molar-refractivity contribution >= 4 is 0 Å². The molecule has 0 aliphatic rings. The van der Waals surface area contributed by atoms with Crippen LogP contribution >= 0.6 is 0 Å². The number of hydrogen-bond acceptors (Lipinski definition) is 0. The Hall–Kier alpha value is -3.41. The number of hydrogen-bond donors (Lipinski definition) is 0. The maximum absolute atomic E-state index is 2.89. The SMILES string of the molecule is O.[Cr+5].[c-]1ccccc1.[c-]1ccccc1.[c-]1ccccc1.[c-]1ccccc1.[c-]1ccccc1. The van der Waals surface area contributed by atoms with Gasteiger partial charge in [-0.1, -0.05) is 0 Å². The monoisotopic (exact) mass is 455 g/mol. The van der Waals surface area contributed by atoms with Gasteiger partial charge in [-0.25, -0.2) is 0 Å². The zero-order chi connectivity index (χ0) is 21.2. The van der Waals surface area contributed by atoms with Crippen molar-refractivity contribution in [3.05, 3.63) is 182 Å². The minimum absolute atomic E-state index is 0. The molecule has 0 bridgehead atoms. The van der Waals surface area contributed by atoms with E-state index < -0.39 is 0 Å². The maximum Gasteiger partial charge on any atom is 5.00 e. The predicted octanol–water partition coefficient (Wildman–Crippen LogP) is 6.61. The Bertz CT molecular complexity index is 555. The molecule has 1 radical (unpaired) electrons. The Kier molecular flexibility index (Phi) is 26.5. The van der Waals surface area contributed by atoms with Crippen LogP contribution in [0, 0.1) is 30.3 Å². The molecular formula is C30H27CrO. The van der Waals surface area contributed by atoms with Gasteiger partial charge in [0.1, 0.15) is 0 Å². The molecule has 0 amide bonds. The smallest absolute Gasteiger partial charge is 0.412 e. The first-order valence-electron chi connectivity index (χ1n) is 9.55. The van der Waals surface area contributed by atoms with E-state index in [9.17, 15) is 0 Å². The van der Waals surface area contributed by atoms with Crippen LogP contribution in [-0.4, -0.2) is 5.48 Å². The van der Waals surface area contributed by atoms with Crippen LogP contribution in [0.1, 0.15) is 0 Å². The van der Waals surface area contributed by atoms with Gasteiger partial charge in [0.05, 0.1) is 0 Å². The molecule has 0 heterocycles. The second-order valence-corrected chi connectivity index (χ2v) is 5.39. The summed E-state index contributed by atoms with van der Waals surface area (Å²) in [7, 11) is 0. The first kappa shape index (κ1) is 30.8. The molecule has 0 saturated heterocycles. The second-order valence-electron chi connectivity index (χ2n) is 5.39. The minimum atomic E-state index is 0. The van der Waals surface area contributed by atoms with E-state index in [-0.39, 0.29) is 22.8 Å². The molecule has 0 aliphatic carbocycles. The van der Waals surface area contributed by atoms with E-state index in [1.54, 1.807) is 0 Å². The third-order valence-electron chi connectivity index (χ3n) is 3.04. The van der Waals surface area contributed by atoms with Gasteiger partial charge in [0.25, 0.3) is 0 Å². The Balaban J connectivity index is 0. The molecule has 0 fully saturated rings. The predicted molar refractivity (Wildman–Crippen MR) is 130 cm³/mol. The molecule has 0 aliphatic heterocycles. The molecule has 2 heteroatoms. The number of benzene rings is 5. The van der Waals surface area contributed by atoms with Crippen LogP contribution in [0.25, 0.3) is 0 Å². The summed E-state index contributed by atoms with van der Waals surface area (Å²) in [6, 6.07) is 62.5. The third-order valence-corrected chi connectivity index (χ3v) is 3.04. The van der Waals surface area contributed by atoms with Crippen molar-refractivity contribution in [1.82, 2.24) is 0 Å². The van der Waals surface area contributed by atoms with Gasteiger partial charge in [-0.3, -0.25) is 0 Å². The summed E-state index contributed by atoms with van der Waals surface area (Å²) in [4.78, 5) is 0. The van der Waals surface area contributed by atoms with Crippen molar-refractivity contribution in [1.29, 1.82) is 0 Å². The van der Waals surface area contributed by atoms with Crippen LogP contribution in [0.15, 0.2) is 152 Å². The summed E-state index contributed by atoms with van der Waals surface area (Å²) in [6.45, 7) is 0. The van der Waals surface area contributed by atoms with Gasteiger partial charge in [0, 0.05) is 0 Å². The standard InChI is InChI=1S/5C6H5.Cr.H2O/c5*1-2-4-6-5-3-1;;/h5*1-5H;;1H2/q5*-1;+5;. The second kappa shape index (κ2) is 27.6. The Morgan fingerprint density at radius 1 is 0.219 bits per heavy atom. The summed E-state index contributed by atoms with van der Waals surface area (Å²) in [5.41, 5.74) is 0. The van der Waals surface area contributed by atoms with Gasteiger partial charge in [-0.2, -0.15) is 182 Å². The van der Waals surface area contributed by atoms with Crippen LogP contribution in [0.2, 0.25) is 0 Å². The van der Waals surface area contributed by atoms with Gasteiger partial charge in [0.15, 0.2) is 0 Å². The van der Waals surface area contributed by atoms with E-state index in [2.05, 4.69) is 30.3 Å². The fraction of sp³-hybridized carbons (Fsp3) is 0. The van der Waals surface area contributed by atoms with Crippen LogP contribution < -0.4 is 0 Å². The summed E-state index contributed by atoms with van der Waals surface area (Å²) < 4.78 is 0. The molecule has 0 atom stereocenters. The van der Waals surface area contributed by atoms with E-state index in [1.807, 2.05) is 152 Å².